The fraction of sp³-hybridized carbons (Fsp3) is 0.409. The van der Waals surface area contributed by atoms with E-state index in [1.807, 2.05) is 26.4 Å². The van der Waals surface area contributed by atoms with Crippen molar-refractivity contribution < 1.29 is 4.79 Å². The van der Waals surface area contributed by atoms with Crippen molar-refractivity contribution in [1.82, 2.24) is 19.4 Å². The molecule has 0 bridgehead atoms. The highest BCUT2D eigenvalue weighted by atomic mass is 16.1. The predicted molar refractivity (Wildman–Crippen MR) is 108 cm³/mol. The maximum Gasteiger partial charge on any atom is 0.142 e. The molecular weight excluding hydrogens is 336 g/mol. The van der Waals surface area contributed by atoms with E-state index in [0.717, 1.165) is 59.5 Å². The number of likely N-dealkylation sites (tertiary alicyclic amines) is 1. The Hall–Kier alpha value is -2.53. The third-order valence-electron chi connectivity index (χ3n) is 5.82. The van der Waals surface area contributed by atoms with E-state index in [1.165, 1.54) is 0 Å². The van der Waals surface area contributed by atoms with Gasteiger partial charge in [-0.15, -0.1) is 0 Å². The fourth-order valence-electron chi connectivity index (χ4n) is 3.87. The van der Waals surface area contributed by atoms with Crippen LogP contribution >= 0.6 is 0 Å². The van der Waals surface area contributed by atoms with E-state index >= 15 is 0 Å². The van der Waals surface area contributed by atoms with Gasteiger partial charge in [0.2, 0.25) is 0 Å². The van der Waals surface area contributed by atoms with E-state index < -0.39 is 0 Å². The number of hydrogen-bond donors (Lipinski definition) is 0. The molecule has 1 aliphatic rings. The number of fused-ring (bicyclic) bond motifs is 1. The molecule has 5 heteroatoms. The SMILES string of the molecule is Cc1ncc(-c2ccc3cnc(CC(=O)C4CCN(C)CC4)cc3c2)n1C. The van der Waals surface area contributed by atoms with Gasteiger partial charge in [0, 0.05) is 42.2 Å². The summed E-state index contributed by atoms with van der Waals surface area (Å²) in [6.45, 7) is 4.02. The zero-order valence-corrected chi connectivity index (χ0v) is 16.3. The number of pyridine rings is 1. The smallest absolute Gasteiger partial charge is 0.142 e. The van der Waals surface area contributed by atoms with Crippen molar-refractivity contribution in [3.8, 4) is 11.3 Å². The molecule has 1 aromatic carbocycles. The van der Waals surface area contributed by atoms with Gasteiger partial charge in [0.15, 0.2) is 0 Å². The Kier molecular flexibility index (Phi) is 4.79. The number of aromatic nitrogens is 3. The van der Waals surface area contributed by atoms with E-state index in [1.54, 1.807) is 0 Å². The predicted octanol–water partition coefficient (Wildman–Crippen LogP) is 3.40. The largest absolute Gasteiger partial charge is 0.331 e. The van der Waals surface area contributed by atoms with Crippen LogP contribution in [0.25, 0.3) is 22.0 Å². The molecule has 4 rings (SSSR count). The maximum atomic E-state index is 12.7. The lowest BCUT2D eigenvalue weighted by Gasteiger charge is -2.27. The number of carbonyl (C=O) groups is 1. The first kappa shape index (κ1) is 17.9. The van der Waals surface area contributed by atoms with Crippen LogP contribution in [0.2, 0.25) is 0 Å². The second-order valence-electron chi connectivity index (χ2n) is 7.71. The van der Waals surface area contributed by atoms with Crippen LogP contribution in [0.3, 0.4) is 0 Å². The van der Waals surface area contributed by atoms with Crippen LogP contribution in [0.4, 0.5) is 0 Å². The van der Waals surface area contributed by atoms with Crippen LogP contribution in [0.1, 0.15) is 24.4 Å². The number of carbonyl (C=O) groups excluding carboxylic acids is 1. The fourth-order valence-corrected chi connectivity index (χ4v) is 3.87. The number of rotatable bonds is 4. The third kappa shape index (κ3) is 3.65. The molecule has 3 heterocycles. The molecule has 1 aliphatic heterocycles. The zero-order chi connectivity index (χ0) is 19.0. The number of piperidine rings is 1. The topological polar surface area (TPSA) is 51.0 Å². The number of hydrogen-bond acceptors (Lipinski definition) is 4. The highest BCUT2D eigenvalue weighted by molar-refractivity contribution is 5.88. The molecule has 0 radical (unpaired) electrons. The molecule has 27 heavy (non-hydrogen) atoms. The summed E-state index contributed by atoms with van der Waals surface area (Å²) < 4.78 is 2.09. The van der Waals surface area contributed by atoms with Crippen molar-refractivity contribution in [2.45, 2.75) is 26.2 Å². The van der Waals surface area contributed by atoms with Crippen molar-refractivity contribution in [2.24, 2.45) is 13.0 Å². The van der Waals surface area contributed by atoms with Gasteiger partial charge in [-0.25, -0.2) is 4.98 Å². The van der Waals surface area contributed by atoms with Gasteiger partial charge in [-0.3, -0.25) is 9.78 Å². The normalized spacial score (nSPS) is 16.1. The summed E-state index contributed by atoms with van der Waals surface area (Å²) >= 11 is 0. The molecular formula is C22H26N4O. The quantitative estimate of drug-likeness (QED) is 0.714. The van der Waals surface area contributed by atoms with Gasteiger partial charge in [0.1, 0.15) is 11.6 Å². The molecule has 0 atom stereocenters. The van der Waals surface area contributed by atoms with Gasteiger partial charge in [0.25, 0.3) is 0 Å². The molecule has 5 nitrogen and oxygen atoms in total. The lowest BCUT2D eigenvalue weighted by molar-refractivity contribution is -0.123. The minimum atomic E-state index is 0.183. The standard InChI is InChI=1S/C22H26N4O/c1-15-23-14-21(26(15)3)17-4-5-18-13-24-20(11-19(18)10-17)12-22(27)16-6-8-25(2)9-7-16/h4-5,10-11,13-14,16H,6-9,12H2,1-3H3. The Bertz CT molecular complexity index is 983. The van der Waals surface area contributed by atoms with Gasteiger partial charge < -0.3 is 9.47 Å². The van der Waals surface area contributed by atoms with Crippen LogP contribution in [-0.2, 0) is 18.3 Å². The monoisotopic (exact) mass is 362 g/mol. The Labute approximate surface area is 160 Å². The maximum absolute atomic E-state index is 12.7. The van der Waals surface area contributed by atoms with E-state index in [2.05, 4.69) is 50.7 Å². The molecule has 0 unspecified atom stereocenters. The average molecular weight is 362 g/mol. The molecule has 0 aliphatic carbocycles. The van der Waals surface area contributed by atoms with Crippen LogP contribution in [0, 0.1) is 12.8 Å². The van der Waals surface area contributed by atoms with Gasteiger partial charge in [-0.1, -0.05) is 12.1 Å². The summed E-state index contributed by atoms with van der Waals surface area (Å²) in [4.78, 5) is 23.9. The van der Waals surface area contributed by atoms with Crippen molar-refractivity contribution in [2.75, 3.05) is 20.1 Å². The average Bonchev–Trinajstić information content (AvgIpc) is 3.00. The van der Waals surface area contributed by atoms with Crippen molar-refractivity contribution in [3.05, 3.63) is 48.2 Å². The first-order chi connectivity index (χ1) is 13.0. The van der Waals surface area contributed by atoms with Gasteiger partial charge in [-0.05, 0) is 57.4 Å². The Morgan fingerprint density at radius 3 is 2.56 bits per heavy atom. The van der Waals surface area contributed by atoms with E-state index in [0.29, 0.717) is 12.2 Å². The Morgan fingerprint density at radius 1 is 1.07 bits per heavy atom. The lowest BCUT2D eigenvalue weighted by atomic mass is 9.90. The molecule has 2 aromatic heterocycles. The number of aryl methyl sites for hydroxylation is 1. The van der Waals surface area contributed by atoms with Crippen LogP contribution in [0.15, 0.2) is 36.7 Å². The van der Waals surface area contributed by atoms with Crippen molar-refractivity contribution >= 4 is 16.6 Å². The number of Topliss-reactive ketones (excluding diaryl/α,β-unsaturated/α-hetero) is 1. The first-order valence-corrected chi connectivity index (χ1v) is 9.60. The Balaban J connectivity index is 1.57. The summed E-state index contributed by atoms with van der Waals surface area (Å²) in [5, 5.41) is 2.21. The van der Waals surface area contributed by atoms with Crippen LogP contribution in [-0.4, -0.2) is 45.4 Å². The molecule has 3 aromatic rings. The molecule has 0 N–H and O–H groups in total. The number of nitrogens with zero attached hydrogens (tertiary/aromatic N) is 4. The van der Waals surface area contributed by atoms with Crippen molar-refractivity contribution in [3.63, 3.8) is 0 Å². The summed E-state index contributed by atoms with van der Waals surface area (Å²) in [6.07, 6.45) is 6.15. The minimum Gasteiger partial charge on any atom is -0.331 e. The molecule has 0 amide bonds. The number of benzene rings is 1. The molecule has 140 valence electrons. The lowest BCUT2D eigenvalue weighted by Crippen LogP contribution is -2.34. The summed E-state index contributed by atoms with van der Waals surface area (Å²) in [6, 6.07) is 8.41. The van der Waals surface area contributed by atoms with Crippen molar-refractivity contribution in [1.29, 1.82) is 0 Å². The summed E-state index contributed by atoms with van der Waals surface area (Å²) in [5.41, 5.74) is 3.09. The van der Waals surface area contributed by atoms with Crippen LogP contribution in [0.5, 0.6) is 0 Å². The third-order valence-corrected chi connectivity index (χ3v) is 5.82. The minimum absolute atomic E-state index is 0.183. The number of ketones is 1. The second kappa shape index (κ2) is 7.24. The first-order valence-electron chi connectivity index (χ1n) is 9.60. The van der Waals surface area contributed by atoms with Gasteiger partial charge in [-0.2, -0.15) is 0 Å². The van der Waals surface area contributed by atoms with Gasteiger partial charge >= 0.3 is 0 Å². The second-order valence-corrected chi connectivity index (χ2v) is 7.71. The van der Waals surface area contributed by atoms with Crippen LogP contribution < -0.4 is 0 Å². The summed E-state index contributed by atoms with van der Waals surface area (Å²) in [7, 11) is 4.15. The van der Waals surface area contributed by atoms with Gasteiger partial charge in [0.05, 0.1) is 11.9 Å². The number of imidazole rings is 1. The summed E-state index contributed by atoms with van der Waals surface area (Å²) in [5.74, 6) is 1.50. The molecule has 1 fully saturated rings. The highest BCUT2D eigenvalue weighted by Gasteiger charge is 2.23. The van der Waals surface area contributed by atoms with E-state index in [9.17, 15) is 4.79 Å². The molecule has 0 saturated carbocycles. The zero-order valence-electron chi connectivity index (χ0n) is 16.3. The Morgan fingerprint density at radius 2 is 1.85 bits per heavy atom. The molecule has 1 saturated heterocycles. The van der Waals surface area contributed by atoms with E-state index in [-0.39, 0.29) is 5.92 Å². The molecule has 0 spiro atoms. The van der Waals surface area contributed by atoms with E-state index in [4.69, 9.17) is 0 Å². The highest BCUT2D eigenvalue weighted by Crippen LogP contribution is 2.25.